The van der Waals surface area contributed by atoms with Crippen molar-refractivity contribution < 1.29 is 18.3 Å². The van der Waals surface area contributed by atoms with E-state index in [1.807, 2.05) is 33.9 Å². The van der Waals surface area contributed by atoms with E-state index in [-0.39, 0.29) is 5.04 Å². The molecule has 0 aromatic rings. The zero-order chi connectivity index (χ0) is 11.6. The Labute approximate surface area is 85.4 Å². The van der Waals surface area contributed by atoms with Crippen LogP contribution in [0.3, 0.4) is 0 Å². The molecular weight excluding hydrogens is 206 g/mol. The lowest BCUT2D eigenvalue weighted by atomic mass is 10.2. The van der Waals surface area contributed by atoms with Gasteiger partial charge in [0, 0.05) is 0 Å². The topological polar surface area (TPSA) is 29.5 Å². The summed E-state index contributed by atoms with van der Waals surface area (Å²) in [5.74, 6) is 0. The number of aliphatic hydroxyl groups is 1. The van der Waals surface area contributed by atoms with Crippen LogP contribution in [0.15, 0.2) is 0 Å². The van der Waals surface area contributed by atoms with Crippen molar-refractivity contribution in [2.75, 3.05) is 6.61 Å². The van der Waals surface area contributed by atoms with Crippen LogP contribution in [0, 0.1) is 0 Å². The van der Waals surface area contributed by atoms with E-state index in [4.69, 9.17) is 9.53 Å². The summed E-state index contributed by atoms with van der Waals surface area (Å²) in [4.78, 5) is 0. The zero-order valence-corrected chi connectivity index (χ0v) is 10.5. The molecule has 0 radical (unpaired) electrons. The minimum Gasteiger partial charge on any atom is -0.406 e. The van der Waals surface area contributed by atoms with Gasteiger partial charge in [-0.3, -0.25) is 0 Å². The summed E-state index contributed by atoms with van der Waals surface area (Å²) < 4.78 is 30.1. The van der Waals surface area contributed by atoms with Gasteiger partial charge in [0.2, 0.25) is 0 Å². The first kappa shape index (κ1) is 14.0. The van der Waals surface area contributed by atoms with Crippen LogP contribution >= 0.6 is 0 Å². The van der Waals surface area contributed by atoms with Crippen LogP contribution in [0.25, 0.3) is 0 Å². The van der Waals surface area contributed by atoms with Crippen molar-refractivity contribution >= 4 is 8.32 Å². The van der Waals surface area contributed by atoms with Gasteiger partial charge in [-0.25, -0.2) is 8.78 Å². The summed E-state index contributed by atoms with van der Waals surface area (Å²) in [6.45, 7) is 9.07. The highest BCUT2D eigenvalue weighted by molar-refractivity contribution is 6.74. The van der Waals surface area contributed by atoms with Crippen molar-refractivity contribution in [2.24, 2.45) is 0 Å². The standard InChI is InChI=1S/C9H20F2O2Si/c1-9(2,3)14(4,5)13-7(6-12)8(10)11/h7-8,12H,6H2,1-5H3/t7-/m1/s1. The predicted molar refractivity (Wildman–Crippen MR) is 55.2 cm³/mol. The average molecular weight is 226 g/mol. The van der Waals surface area contributed by atoms with Gasteiger partial charge in [-0.1, -0.05) is 20.8 Å². The number of alkyl halides is 2. The third-order valence-corrected chi connectivity index (χ3v) is 7.22. The summed E-state index contributed by atoms with van der Waals surface area (Å²) in [5.41, 5.74) is 0. The molecule has 86 valence electrons. The summed E-state index contributed by atoms with van der Waals surface area (Å²) in [5, 5.41) is 8.63. The molecule has 0 amide bonds. The number of rotatable bonds is 4. The molecule has 0 spiro atoms. The first-order valence-electron chi connectivity index (χ1n) is 4.68. The van der Waals surface area contributed by atoms with Crippen molar-refractivity contribution in [3.63, 3.8) is 0 Å². The van der Waals surface area contributed by atoms with E-state index in [0.29, 0.717) is 0 Å². The predicted octanol–water partition coefficient (Wildman–Crippen LogP) is 2.63. The van der Waals surface area contributed by atoms with E-state index in [1.165, 1.54) is 0 Å². The van der Waals surface area contributed by atoms with Gasteiger partial charge in [0.25, 0.3) is 6.43 Å². The summed E-state index contributed by atoms with van der Waals surface area (Å²) in [6.07, 6.45) is -3.95. The van der Waals surface area contributed by atoms with E-state index in [0.717, 1.165) is 0 Å². The van der Waals surface area contributed by atoms with Gasteiger partial charge in [-0.15, -0.1) is 0 Å². The minimum absolute atomic E-state index is 0.116. The monoisotopic (exact) mass is 226 g/mol. The third kappa shape index (κ3) is 3.63. The van der Waals surface area contributed by atoms with E-state index < -0.39 is 27.5 Å². The summed E-state index contributed by atoms with van der Waals surface area (Å²) in [6, 6.07) is 0. The maximum absolute atomic E-state index is 12.4. The highest BCUT2D eigenvalue weighted by Gasteiger charge is 2.40. The quantitative estimate of drug-likeness (QED) is 0.747. The van der Waals surface area contributed by atoms with Gasteiger partial charge in [0.1, 0.15) is 6.10 Å². The molecule has 0 fully saturated rings. The van der Waals surface area contributed by atoms with E-state index in [1.54, 1.807) is 0 Å². The van der Waals surface area contributed by atoms with Gasteiger partial charge in [-0.2, -0.15) is 0 Å². The Morgan fingerprint density at radius 1 is 1.29 bits per heavy atom. The van der Waals surface area contributed by atoms with Crippen LogP contribution in [0.1, 0.15) is 20.8 Å². The first-order valence-corrected chi connectivity index (χ1v) is 7.59. The fraction of sp³-hybridized carbons (Fsp3) is 1.00. The fourth-order valence-corrected chi connectivity index (χ4v) is 2.01. The molecule has 0 aliphatic rings. The molecule has 0 aromatic carbocycles. The third-order valence-electron chi connectivity index (χ3n) is 2.71. The normalized spacial score (nSPS) is 16.1. The lowest BCUT2D eigenvalue weighted by Gasteiger charge is -2.38. The smallest absolute Gasteiger partial charge is 0.265 e. The Hall–Kier alpha value is -0.00312. The van der Waals surface area contributed by atoms with Crippen molar-refractivity contribution in [3.05, 3.63) is 0 Å². The Bertz CT molecular complexity index is 178. The molecule has 1 N–H and O–H groups in total. The van der Waals surface area contributed by atoms with E-state index in [2.05, 4.69) is 0 Å². The molecule has 0 rings (SSSR count). The maximum Gasteiger partial charge on any atom is 0.265 e. The molecule has 0 aromatic heterocycles. The highest BCUT2D eigenvalue weighted by Crippen LogP contribution is 2.37. The SMILES string of the molecule is CC(C)(C)[Si](C)(C)O[C@H](CO)C(F)F. The Kier molecular flexibility index (Phi) is 4.68. The lowest BCUT2D eigenvalue weighted by Crippen LogP contribution is -2.46. The lowest BCUT2D eigenvalue weighted by molar-refractivity contribution is -0.0261. The molecule has 5 heteroatoms. The largest absolute Gasteiger partial charge is 0.406 e. The summed E-state index contributed by atoms with van der Waals surface area (Å²) >= 11 is 0. The molecule has 0 bridgehead atoms. The van der Waals surface area contributed by atoms with Crippen molar-refractivity contribution in [2.45, 2.75) is 51.4 Å². The molecule has 0 aliphatic carbocycles. The molecule has 0 saturated carbocycles. The fourth-order valence-electron chi connectivity index (χ4n) is 0.724. The van der Waals surface area contributed by atoms with E-state index >= 15 is 0 Å². The highest BCUT2D eigenvalue weighted by atomic mass is 28.4. The van der Waals surface area contributed by atoms with Crippen LogP contribution in [-0.4, -0.2) is 32.6 Å². The average Bonchev–Trinajstić information content (AvgIpc) is 1.97. The molecule has 14 heavy (non-hydrogen) atoms. The molecule has 0 unspecified atom stereocenters. The minimum atomic E-state index is -2.62. The number of hydrogen-bond acceptors (Lipinski definition) is 2. The van der Waals surface area contributed by atoms with Gasteiger partial charge in [0.05, 0.1) is 6.61 Å². The first-order chi connectivity index (χ1) is 6.12. The summed E-state index contributed by atoms with van der Waals surface area (Å²) in [7, 11) is -2.19. The van der Waals surface area contributed by atoms with Crippen LogP contribution in [0.2, 0.25) is 18.1 Å². The van der Waals surface area contributed by atoms with Crippen LogP contribution in [-0.2, 0) is 4.43 Å². The second kappa shape index (κ2) is 4.68. The van der Waals surface area contributed by atoms with Gasteiger partial charge in [-0.05, 0) is 18.1 Å². The van der Waals surface area contributed by atoms with Crippen LogP contribution in [0.4, 0.5) is 8.78 Å². The van der Waals surface area contributed by atoms with Crippen LogP contribution in [0.5, 0.6) is 0 Å². The van der Waals surface area contributed by atoms with Gasteiger partial charge >= 0.3 is 0 Å². The number of halogens is 2. The molecule has 0 saturated heterocycles. The molecule has 1 atom stereocenters. The molecule has 0 aliphatic heterocycles. The Morgan fingerprint density at radius 3 is 1.93 bits per heavy atom. The van der Waals surface area contributed by atoms with Gasteiger partial charge < -0.3 is 9.53 Å². The maximum atomic E-state index is 12.4. The van der Waals surface area contributed by atoms with E-state index in [9.17, 15) is 8.78 Å². The second-order valence-corrected chi connectivity index (χ2v) is 9.69. The Morgan fingerprint density at radius 2 is 1.71 bits per heavy atom. The van der Waals surface area contributed by atoms with Crippen molar-refractivity contribution in [1.82, 2.24) is 0 Å². The number of aliphatic hydroxyl groups excluding tert-OH is 1. The van der Waals surface area contributed by atoms with Crippen LogP contribution < -0.4 is 0 Å². The second-order valence-electron chi connectivity index (χ2n) is 4.93. The van der Waals surface area contributed by atoms with Crippen molar-refractivity contribution in [3.8, 4) is 0 Å². The van der Waals surface area contributed by atoms with Crippen molar-refractivity contribution in [1.29, 1.82) is 0 Å². The Balaban J connectivity index is 4.48. The zero-order valence-electron chi connectivity index (χ0n) is 9.47. The molecular formula is C9H20F2O2Si. The van der Waals surface area contributed by atoms with Gasteiger partial charge in [0.15, 0.2) is 8.32 Å². The number of hydrogen-bond donors (Lipinski definition) is 1. The molecule has 0 heterocycles. The molecule has 2 nitrogen and oxygen atoms in total.